The number of rotatable bonds is 3. The summed E-state index contributed by atoms with van der Waals surface area (Å²) in [6, 6.07) is 7.98. The number of nitrogens with zero attached hydrogens (tertiary/aromatic N) is 2. The molecule has 0 atom stereocenters. The van der Waals surface area contributed by atoms with E-state index in [1.165, 1.54) is 5.56 Å². The molecule has 0 spiro atoms. The largest absolute Gasteiger partial charge is 0.399 e. The average Bonchev–Trinajstić information content (AvgIpc) is 2.63. The molecule has 3 nitrogen and oxygen atoms in total. The maximum Gasteiger partial charge on any atom is 0.108 e. The molecule has 0 aliphatic heterocycles. The lowest BCUT2D eigenvalue weighted by atomic mass is 10.1. The van der Waals surface area contributed by atoms with E-state index < -0.39 is 0 Å². The van der Waals surface area contributed by atoms with Crippen molar-refractivity contribution in [3.63, 3.8) is 0 Å². The van der Waals surface area contributed by atoms with Crippen molar-refractivity contribution in [3.8, 4) is 0 Å². The third-order valence-corrected chi connectivity index (χ3v) is 2.59. The summed E-state index contributed by atoms with van der Waals surface area (Å²) in [7, 11) is 2.01. The molecular formula is C12H15N3. The van der Waals surface area contributed by atoms with Gasteiger partial charge in [0.1, 0.15) is 5.82 Å². The minimum Gasteiger partial charge on any atom is -0.399 e. The fraction of sp³-hybridized carbons (Fsp3) is 0.250. The van der Waals surface area contributed by atoms with Gasteiger partial charge in [-0.3, -0.25) is 0 Å². The number of para-hydroxylation sites is 1. The Labute approximate surface area is 89.6 Å². The fourth-order valence-electron chi connectivity index (χ4n) is 1.65. The Bertz CT molecular complexity index is 446. The molecular weight excluding hydrogens is 186 g/mol. The van der Waals surface area contributed by atoms with E-state index in [9.17, 15) is 0 Å². The molecule has 0 saturated carbocycles. The Hall–Kier alpha value is -1.77. The normalized spacial score (nSPS) is 10.5. The third-order valence-electron chi connectivity index (χ3n) is 2.59. The summed E-state index contributed by atoms with van der Waals surface area (Å²) in [4.78, 5) is 4.28. The van der Waals surface area contributed by atoms with Crippen LogP contribution in [-0.4, -0.2) is 9.55 Å². The Morgan fingerprint density at radius 3 is 2.73 bits per heavy atom. The van der Waals surface area contributed by atoms with Gasteiger partial charge in [0, 0.05) is 31.5 Å². The standard InChI is InChI=1S/C12H15N3/c1-15-9-8-14-12(15)7-6-10-4-2-3-5-11(10)13/h2-5,8-9H,6-7,13H2,1H3. The summed E-state index contributed by atoms with van der Waals surface area (Å²) in [5, 5.41) is 0. The van der Waals surface area contributed by atoms with E-state index in [0.29, 0.717) is 0 Å². The van der Waals surface area contributed by atoms with Crippen LogP contribution < -0.4 is 5.73 Å². The molecule has 1 heterocycles. The van der Waals surface area contributed by atoms with Crippen LogP contribution in [0.3, 0.4) is 0 Å². The maximum atomic E-state index is 5.87. The molecule has 2 rings (SSSR count). The highest BCUT2D eigenvalue weighted by molar-refractivity contribution is 5.46. The summed E-state index contributed by atoms with van der Waals surface area (Å²) in [6.45, 7) is 0. The smallest absolute Gasteiger partial charge is 0.108 e. The quantitative estimate of drug-likeness (QED) is 0.769. The zero-order chi connectivity index (χ0) is 10.7. The molecule has 2 N–H and O–H groups in total. The van der Waals surface area contributed by atoms with Crippen molar-refractivity contribution >= 4 is 5.69 Å². The van der Waals surface area contributed by atoms with Gasteiger partial charge in [-0.2, -0.15) is 0 Å². The third kappa shape index (κ3) is 2.18. The molecule has 0 amide bonds. The van der Waals surface area contributed by atoms with Crippen LogP contribution in [-0.2, 0) is 19.9 Å². The van der Waals surface area contributed by atoms with Crippen LogP contribution in [0.15, 0.2) is 36.7 Å². The van der Waals surface area contributed by atoms with Crippen LogP contribution in [0, 0.1) is 0 Å². The minimum atomic E-state index is 0.867. The van der Waals surface area contributed by atoms with E-state index >= 15 is 0 Å². The fourth-order valence-corrected chi connectivity index (χ4v) is 1.65. The molecule has 2 aromatic rings. The topological polar surface area (TPSA) is 43.8 Å². The van der Waals surface area contributed by atoms with Crippen molar-refractivity contribution in [1.82, 2.24) is 9.55 Å². The average molecular weight is 201 g/mol. The summed E-state index contributed by atoms with van der Waals surface area (Å²) in [5.41, 5.74) is 7.93. The molecule has 0 saturated heterocycles. The van der Waals surface area contributed by atoms with Crippen molar-refractivity contribution in [2.24, 2.45) is 7.05 Å². The SMILES string of the molecule is Cn1ccnc1CCc1ccccc1N. The van der Waals surface area contributed by atoms with Gasteiger partial charge in [-0.1, -0.05) is 18.2 Å². The predicted octanol–water partition coefficient (Wildman–Crippen LogP) is 1.79. The number of aryl methyl sites for hydroxylation is 3. The predicted molar refractivity (Wildman–Crippen MR) is 61.5 cm³/mol. The Morgan fingerprint density at radius 1 is 1.27 bits per heavy atom. The van der Waals surface area contributed by atoms with E-state index in [2.05, 4.69) is 11.1 Å². The second kappa shape index (κ2) is 4.17. The summed E-state index contributed by atoms with van der Waals surface area (Å²) < 4.78 is 2.04. The van der Waals surface area contributed by atoms with Gasteiger partial charge in [-0.15, -0.1) is 0 Å². The summed E-state index contributed by atoms with van der Waals surface area (Å²) in [6.07, 6.45) is 5.66. The first-order valence-corrected chi connectivity index (χ1v) is 5.07. The van der Waals surface area contributed by atoms with Gasteiger partial charge in [0.05, 0.1) is 0 Å². The number of benzene rings is 1. The number of anilines is 1. The zero-order valence-electron chi connectivity index (χ0n) is 8.85. The van der Waals surface area contributed by atoms with Crippen LogP contribution in [0.25, 0.3) is 0 Å². The molecule has 0 aliphatic carbocycles. The van der Waals surface area contributed by atoms with Crippen molar-refractivity contribution in [1.29, 1.82) is 0 Å². The highest BCUT2D eigenvalue weighted by Crippen LogP contribution is 2.13. The van der Waals surface area contributed by atoms with E-state index in [1.807, 2.05) is 42.2 Å². The van der Waals surface area contributed by atoms with Crippen LogP contribution in [0.1, 0.15) is 11.4 Å². The highest BCUT2D eigenvalue weighted by Gasteiger charge is 2.02. The van der Waals surface area contributed by atoms with Gasteiger partial charge in [0.15, 0.2) is 0 Å². The lowest BCUT2D eigenvalue weighted by molar-refractivity contribution is 0.772. The molecule has 78 valence electrons. The van der Waals surface area contributed by atoms with E-state index in [1.54, 1.807) is 0 Å². The van der Waals surface area contributed by atoms with Gasteiger partial charge >= 0.3 is 0 Å². The lowest BCUT2D eigenvalue weighted by Gasteiger charge is -2.05. The first kappa shape index (κ1) is 9.77. The molecule has 15 heavy (non-hydrogen) atoms. The first-order valence-electron chi connectivity index (χ1n) is 5.07. The van der Waals surface area contributed by atoms with Crippen molar-refractivity contribution < 1.29 is 0 Å². The van der Waals surface area contributed by atoms with Crippen LogP contribution in [0.5, 0.6) is 0 Å². The van der Waals surface area contributed by atoms with Gasteiger partial charge < -0.3 is 10.3 Å². The lowest BCUT2D eigenvalue weighted by Crippen LogP contribution is -2.01. The Balaban J connectivity index is 2.06. The number of nitrogen functional groups attached to an aromatic ring is 1. The zero-order valence-corrected chi connectivity index (χ0v) is 8.85. The molecule has 0 fully saturated rings. The molecule has 0 unspecified atom stereocenters. The van der Waals surface area contributed by atoms with Crippen molar-refractivity contribution in [2.75, 3.05) is 5.73 Å². The summed E-state index contributed by atoms with van der Waals surface area (Å²) in [5.74, 6) is 1.10. The number of aromatic nitrogens is 2. The monoisotopic (exact) mass is 201 g/mol. The number of imidazole rings is 1. The van der Waals surface area contributed by atoms with Crippen LogP contribution in [0.4, 0.5) is 5.69 Å². The number of hydrogen-bond acceptors (Lipinski definition) is 2. The van der Waals surface area contributed by atoms with E-state index in [0.717, 1.165) is 24.4 Å². The molecule has 0 aliphatic rings. The van der Waals surface area contributed by atoms with Gasteiger partial charge in [-0.05, 0) is 18.1 Å². The highest BCUT2D eigenvalue weighted by atomic mass is 15.0. The molecule has 1 aromatic heterocycles. The molecule has 0 radical (unpaired) electrons. The van der Waals surface area contributed by atoms with Gasteiger partial charge in [0.25, 0.3) is 0 Å². The van der Waals surface area contributed by atoms with Crippen molar-refractivity contribution in [2.45, 2.75) is 12.8 Å². The summed E-state index contributed by atoms with van der Waals surface area (Å²) >= 11 is 0. The van der Waals surface area contributed by atoms with E-state index in [4.69, 9.17) is 5.73 Å². The number of hydrogen-bond donors (Lipinski definition) is 1. The van der Waals surface area contributed by atoms with Crippen LogP contribution >= 0.6 is 0 Å². The molecule has 1 aromatic carbocycles. The minimum absolute atomic E-state index is 0.867. The van der Waals surface area contributed by atoms with Crippen LogP contribution in [0.2, 0.25) is 0 Å². The van der Waals surface area contributed by atoms with Crippen molar-refractivity contribution in [3.05, 3.63) is 48.0 Å². The van der Waals surface area contributed by atoms with Gasteiger partial charge in [-0.25, -0.2) is 4.98 Å². The second-order valence-corrected chi connectivity index (χ2v) is 3.65. The first-order chi connectivity index (χ1) is 7.27. The molecule has 0 bridgehead atoms. The van der Waals surface area contributed by atoms with E-state index in [-0.39, 0.29) is 0 Å². The Morgan fingerprint density at radius 2 is 2.07 bits per heavy atom. The van der Waals surface area contributed by atoms with Gasteiger partial charge in [0.2, 0.25) is 0 Å². The Kier molecular flexibility index (Phi) is 2.72. The number of nitrogens with two attached hydrogens (primary N) is 1. The maximum absolute atomic E-state index is 5.87. The second-order valence-electron chi connectivity index (χ2n) is 3.65. The molecule has 3 heteroatoms.